The van der Waals surface area contributed by atoms with Crippen LogP contribution in [0.15, 0.2) is 48.5 Å². The highest BCUT2D eigenvalue weighted by molar-refractivity contribution is 5.90. The molecule has 0 saturated carbocycles. The van der Waals surface area contributed by atoms with Gasteiger partial charge in [0, 0.05) is 23.8 Å². The number of nitrogens with one attached hydrogen (secondary N) is 1. The van der Waals surface area contributed by atoms with Crippen LogP contribution < -0.4 is 5.32 Å². The highest BCUT2D eigenvalue weighted by atomic mass is 19.1. The summed E-state index contributed by atoms with van der Waals surface area (Å²) in [6, 6.07) is 8.00. The van der Waals surface area contributed by atoms with Crippen molar-refractivity contribution in [1.82, 2.24) is 5.32 Å². The first-order chi connectivity index (χ1) is 13.3. The van der Waals surface area contributed by atoms with Crippen LogP contribution in [0.4, 0.5) is 14.5 Å². The number of ether oxygens (including phenoxy) is 1. The molecule has 2 aromatic carbocycles. The lowest BCUT2D eigenvalue weighted by atomic mass is 10.1. The zero-order chi connectivity index (χ0) is 20.7. The molecule has 1 N–H and O–H groups in total. The van der Waals surface area contributed by atoms with Crippen LogP contribution in [0.5, 0.6) is 0 Å². The third kappa shape index (κ3) is 5.70. The van der Waals surface area contributed by atoms with Crippen molar-refractivity contribution in [3.05, 3.63) is 81.4 Å². The first kappa shape index (κ1) is 20.7. The fraction of sp³-hybridized carbons (Fsp3) is 0.158. The van der Waals surface area contributed by atoms with E-state index in [0.29, 0.717) is 6.07 Å². The Morgan fingerprint density at radius 3 is 2.64 bits per heavy atom. The van der Waals surface area contributed by atoms with E-state index < -0.39 is 41.1 Å². The average Bonchev–Trinajstić information content (AvgIpc) is 2.64. The number of rotatable bonds is 7. The number of carbonyl (C=O) groups is 2. The lowest BCUT2D eigenvalue weighted by Gasteiger charge is -2.15. The van der Waals surface area contributed by atoms with E-state index in [4.69, 9.17) is 4.74 Å². The number of amides is 1. The maximum absolute atomic E-state index is 13.7. The van der Waals surface area contributed by atoms with Gasteiger partial charge in [0.2, 0.25) is 0 Å². The van der Waals surface area contributed by atoms with Crippen LogP contribution in [0, 0.1) is 21.7 Å². The van der Waals surface area contributed by atoms with Gasteiger partial charge in [0.15, 0.2) is 6.61 Å². The summed E-state index contributed by atoms with van der Waals surface area (Å²) in [7, 11) is 0. The monoisotopic (exact) mass is 390 g/mol. The van der Waals surface area contributed by atoms with E-state index in [1.165, 1.54) is 37.3 Å². The van der Waals surface area contributed by atoms with Crippen molar-refractivity contribution in [3.8, 4) is 0 Å². The van der Waals surface area contributed by atoms with Crippen LogP contribution in [0.3, 0.4) is 0 Å². The van der Waals surface area contributed by atoms with Crippen molar-refractivity contribution in [2.75, 3.05) is 6.61 Å². The lowest BCUT2D eigenvalue weighted by Crippen LogP contribution is -2.31. The number of benzene rings is 2. The summed E-state index contributed by atoms with van der Waals surface area (Å²) in [5.74, 6) is -3.12. The number of nitrogens with zero attached hydrogens (tertiary/aromatic N) is 1. The summed E-state index contributed by atoms with van der Waals surface area (Å²) in [5.41, 5.74) is 0.103. The molecule has 9 heteroatoms. The molecule has 0 aliphatic carbocycles. The minimum absolute atomic E-state index is 0.0809. The standard InChI is InChI=1S/C19H16F2N2O5/c1-12(15-8-7-14(20)10-16(15)21)22-18(24)11-28-19(25)9-6-13-4-2-3-5-17(13)23(26)27/h2-10,12H,11H2,1H3,(H,22,24)/b9-6+/t12-/m1/s1. The molecule has 0 aliphatic heterocycles. The van der Waals surface area contributed by atoms with Gasteiger partial charge < -0.3 is 10.1 Å². The molecule has 1 atom stereocenters. The van der Waals surface area contributed by atoms with Gasteiger partial charge in [-0.3, -0.25) is 14.9 Å². The Bertz CT molecular complexity index is 930. The largest absolute Gasteiger partial charge is 0.452 e. The molecule has 0 radical (unpaired) electrons. The van der Waals surface area contributed by atoms with Crippen molar-refractivity contribution in [2.24, 2.45) is 0 Å². The zero-order valence-electron chi connectivity index (χ0n) is 14.7. The number of nitro groups is 1. The van der Waals surface area contributed by atoms with Crippen molar-refractivity contribution in [2.45, 2.75) is 13.0 Å². The summed E-state index contributed by atoms with van der Waals surface area (Å²) in [6.07, 6.45) is 2.16. The second-order valence-corrected chi connectivity index (χ2v) is 5.71. The van der Waals surface area contributed by atoms with E-state index in [1.54, 1.807) is 6.07 Å². The number of carbonyl (C=O) groups excluding carboxylic acids is 2. The maximum Gasteiger partial charge on any atom is 0.331 e. The summed E-state index contributed by atoms with van der Waals surface area (Å²) in [5, 5.41) is 13.3. The minimum atomic E-state index is -0.881. The first-order valence-corrected chi connectivity index (χ1v) is 8.10. The molecule has 0 unspecified atom stereocenters. The van der Waals surface area contributed by atoms with Gasteiger partial charge in [-0.05, 0) is 25.1 Å². The summed E-state index contributed by atoms with van der Waals surface area (Å²) < 4.78 is 31.4. The first-order valence-electron chi connectivity index (χ1n) is 8.10. The van der Waals surface area contributed by atoms with E-state index in [2.05, 4.69) is 5.32 Å². The van der Waals surface area contributed by atoms with Crippen molar-refractivity contribution in [1.29, 1.82) is 0 Å². The third-order valence-corrected chi connectivity index (χ3v) is 3.68. The molecule has 2 rings (SSSR count). The van der Waals surface area contributed by atoms with Gasteiger partial charge in [0.1, 0.15) is 11.6 Å². The van der Waals surface area contributed by atoms with E-state index in [9.17, 15) is 28.5 Å². The Morgan fingerprint density at radius 1 is 1.25 bits per heavy atom. The van der Waals surface area contributed by atoms with Gasteiger partial charge in [-0.25, -0.2) is 13.6 Å². The van der Waals surface area contributed by atoms with Gasteiger partial charge in [0.05, 0.1) is 16.5 Å². The third-order valence-electron chi connectivity index (χ3n) is 3.68. The Balaban J connectivity index is 1.89. The molecule has 0 bridgehead atoms. The number of halogens is 2. The van der Waals surface area contributed by atoms with Crippen molar-refractivity contribution < 1.29 is 28.0 Å². The fourth-order valence-electron chi connectivity index (χ4n) is 2.35. The smallest absolute Gasteiger partial charge is 0.331 e. The number of para-hydroxylation sites is 1. The predicted octanol–water partition coefficient (Wildman–Crippen LogP) is 3.31. The van der Waals surface area contributed by atoms with Gasteiger partial charge in [0.25, 0.3) is 11.6 Å². The molecular weight excluding hydrogens is 374 g/mol. The van der Waals surface area contributed by atoms with E-state index in [0.717, 1.165) is 12.1 Å². The molecule has 0 fully saturated rings. The molecule has 0 saturated heterocycles. The second kappa shape index (κ2) is 9.36. The van der Waals surface area contributed by atoms with Crippen LogP contribution >= 0.6 is 0 Å². The lowest BCUT2D eigenvalue weighted by molar-refractivity contribution is -0.385. The topological polar surface area (TPSA) is 98.5 Å². The second-order valence-electron chi connectivity index (χ2n) is 5.71. The van der Waals surface area contributed by atoms with Crippen LogP contribution in [-0.2, 0) is 14.3 Å². The fourth-order valence-corrected chi connectivity index (χ4v) is 2.35. The summed E-state index contributed by atoms with van der Waals surface area (Å²) in [6.45, 7) is 0.859. The van der Waals surface area contributed by atoms with E-state index >= 15 is 0 Å². The summed E-state index contributed by atoms with van der Waals surface area (Å²) in [4.78, 5) is 33.8. The Kier molecular flexibility index (Phi) is 6.91. The molecule has 0 aromatic heterocycles. The Labute approximate surface area is 158 Å². The van der Waals surface area contributed by atoms with Crippen molar-refractivity contribution in [3.63, 3.8) is 0 Å². The number of nitro benzene ring substituents is 1. The Morgan fingerprint density at radius 2 is 1.96 bits per heavy atom. The number of hydrogen-bond acceptors (Lipinski definition) is 5. The molecule has 0 spiro atoms. The van der Waals surface area contributed by atoms with Crippen LogP contribution in [0.2, 0.25) is 0 Å². The van der Waals surface area contributed by atoms with Crippen LogP contribution in [0.25, 0.3) is 6.08 Å². The van der Waals surface area contributed by atoms with E-state index in [-0.39, 0.29) is 16.8 Å². The van der Waals surface area contributed by atoms with Crippen molar-refractivity contribution >= 4 is 23.6 Å². The number of esters is 1. The highest BCUT2D eigenvalue weighted by Crippen LogP contribution is 2.19. The predicted molar refractivity (Wildman–Crippen MR) is 96.0 cm³/mol. The molecular formula is C19H16F2N2O5. The van der Waals surface area contributed by atoms with Gasteiger partial charge in [-0.15, -0.1) is 0 Å². The van der Waals surface area contributed by atoms with Gasteiger partial charge in [-0.2, -0.15) is 0 Å². The van der Waals surface area contributed by atoms with Crippen LogP contribution in [-0.4, -0.2) is 23.4 Å². The molecule has 0 heterocycles. The maximum atomic E-state index is 13.7. The Hall–Kier alpha value is -3.62. The molecule has 0 aliphatic rings. The molecule has 146 valence electrons. The number of hydrogen-bond donors (Lipinski definition) is 1. The molecule has 28 heavy (non-hydrogen) atoms. The average molecular weight is 390 g/mol. The van der Waals surface area contributed by atoms with Gasteiger partial charge in [-0.1, -0.05) is 18.2 Å². The van der Waals surface area contributed by atoms with E-state index in [1.807, 2.05) is 0 Å². The zero-order valence-corrected chi connectivity index (χ0v) is 14.7. The summed E-state index contributed by atoms with van der Waals surface area (Å²) >= 11 is 0. The highest BCUT2D eigenvalue weighted by Gasteiger charge is 2.15. The molecule has 1 amide bonds. The minimum Gasteiger partial charge on any atom is -0.452 e. The van der Waals surface area contributed by atoms with Gasteiger partial charge >= 0.3 is 5.97 Å². The normalized spacial score (nSPS) is 11.8. The SMILES string of the molecule is C[C@@H](NC(=O)COC(=O)/C=C/c1ccccc1[N+](=O)[O-])c1ccc(F)cc1F. The molecule has 7 nitrogen and oxygen atoms in total. The van der Waals surface area contributed by atoms with Crippen LogP contribution in [0.1, 0.15) is 24.1 Å². The quantitative estimate of drug-likeness (QED) is 0.338. The molecule has 2 aromatic rings.